The van der Waals surface area contributed by atoms with E-state index >= 15 is 0 Å². The monoisotopic (exact) mass is 750 g/mol. The normalized spacial score (nSPS) is 29.6. The first-order valence-electron chi connectivity index (χ1n) is 19.0. The molecule has 2 aromatic rings. The van der Waals surface area contributed by atoms with Crippen molar-refractivity contribution >= 4 is 44.7 Å². The number of carbonyl (C=O) groups excluding carboxylic acids is 4. The second kappa shape index (κ2) is 14.6. The molecular formula is C39H54N6O7S. The van der Waals surface area contributed by atoms with Gasteiger partial charge in [0.15, 0.2) is 0 Å². The lowest BCUT2D eigenvalue weighted by Gasteiger charge is -2.36. The topological polar surface area (TPSA) is 176 Å². The molecule has 6 rings (SSSR count). The fraction of sp³-hybridized carbons (Fsp3) is 0.615. The average molecular weight is 751 g/mol. The molecule has 53 heavy (non-hydrogen) atoms. The van der Waals surface area contributed by atoms with E-state index in [0.717, 1.165) is 29.3 Å². The van der Waals surface area contributed by atoms with Crippen LogP contribution in [-0.4, -0.2) is 82.6 Å². The van der Waals surface area contributed by atoms with Gasteiger partial charge in [0, 0.05) is 29.3 Å². The molecule has 13 nitrogen and oxygen atoms in total. The number of nitrogens with one attached hydrogen (secondary N) is 4. The largest absolute Gasteiger partial charge is 0.483 e. The summed E-state index contributed by atoms with van der Waals surface area (Å²) in [6.07, 6.45) is 9.24. The van der Waals surface area contributed by atoms with Crippen LogP contribution in [0.15, 0.2) is 36.4 Å². The zero-order chi connectivity index (χ0) is 38.3. The molecule has 5 atom stereocenters. The molecule has 288 valence electrons. The second-order valence-electron chi connectivity index (χ2n) is 16.2. The highest BCUT2D eigenvalue weighted by Crippen LogP contribution is 2.45. The van der Waals surface area contributed by atoms with E-state index < -0.39 is 67.7 Å². The van der Waals surface area contributed by atoms with Gasteiger partial charge in [0.05, 0.1) is 22.5 Å². The van der Waals surface area contributed by atoms with Gasteiger partial charge in [0.25, 0.3) is 5.91 Å². The van der Waals surface area contributed by atoms with E-state index in [1.165, 1.54) is 11.8 Å². The molecule has 3 aliphatic heterocycles. The van der Waals surface area contributed by atoms with Crippen molar-refractivity contribution in [3.8, 4) is 5.75 Å². The van der Waals surface area contributed by atoms with Crippen molar-refractivity contribution in [2.24, 2.45) is 5.92 Å². The van der Waals surface area contributed by atoms with Crippen LogP contribution in [0.2, 0.25) is 0 Å². The minimum absolute atomic E-state index is 0.0741. The van der Waals surface area contributed by atoms with Crippen molar-refractivity contribution in [1.29, 1.82) is 0 Å². The SMILES string of the molecule is Cc1nc2ccccc2c2c1O[C@]1(CC2)C[C@H]2C(=O)N[C@@](C)(C(=O)NS(=O)(=O)C3(C)CC3)[C@@H](C)/C=C\CCCCC[C@H](NC(=O)NC(C)C)C(=O)N2C1. The van der Waals surface area contributed by atoms with Crippen LogP contribution in [0.1, 0.15) is 104 Å². The summed E-state index contributed by atoms with van der Waals surface area (Å²) >= 11 is 0. The summed E-state index contributed by atoms with van der Waals surface area (Å²) in [7, 11) is -4.02. The van der Waals surface area contributed by atoms with Crippen LogP contribution in [-0.2, 0) is 30.8 Å². The number of urea groups is 1. The number of aromatic nitrogens is 1. The minimum Gasteiger partial charge on any atom is -0.483 e. The lowest BCUT2D eigenvalue weighted by atomic mass is 9.84. The van der Waals surface area contributed by atoms with E-state index in [1.807, 2.05) is 57.2 Å². The van der Waals surface area contributed by atoms with Crippen molar-refractivity contribution in [3.05, 3.63) is 47.7 Å². The number of allylic oxidation sites excluding steroid dienone is 1. The lowest BCUT2D eigenvalue weighted by Crippen LogP contribution is -2.64. The Bertz CT molecular complexity index is 1930. The Kier molecular flexibility index (Phi) is 10.6. The first-order valence-corrected chi connectivity index (χ1v) is 20.5. The van der Waals surface area contributed by atoms with Crippen LogP contribution in [0.4, 0.5) is 4.79 Å². The van der Waals surface area contributed by atoms with E-state index in [0.29, 0.717) is 56.4 Å². The minimum atomic E-state index is -4.02. The molecule has 14 heteroatoms. The highest BCUT2D eigenvalue weighted by molar-refractivity contribution is 7.91. The van der Waals surface area contributed by atoms with Gasteiger partial charge in [-0.1, -0.05) is 50.1 Å². The van der Waals surface area contributed by atoms with Crippen molar-refractivity contribution < 1.29 is 32.3 Å². The third kappa shape index (κ3) is 7.74. The van der Waals surface area contributed by atoms with Gasteiger partial charge in [-0.25, -0.2) is 18.2 Å². The van der Waals surface area contributed by atoms with Gasteiger partial charge < -0.3 is 25.6 Å². The molecule has 1 aromatic carbocycles. The number of fused-ring (bicyclic) bond motifs is 4. The predicted octanol–water partition coefficient (Wildman–Crippen LogP) is 4.31. The van der Waals surface area contributed by atoms with Gasteiger partial charge >= 0.3 is 6.03 Å². The number of pyridine rings is 1. The predicted molar refractivity (Wildman–Crippen MR) is 202 cm³/mol. The fourth-order valence-corrected chi connectivity index (χ4v) is 9.13. The maximum Gasteiger partial charge on any atom is 0.315 e. The van der Waals surface area contributed by atoms with Crippen molar-refractivity contribution in [1.82, 2.24) is 30.6 Å². The zero-order valence-electron chi connectivity index (χ0n) is 31.7. The first kappa shape index (κ1) is 38.5. The van der Waals surface area contributed by atoms with E-state index in [4.69, 9.17) is 9.72 Å². The van der Waals surface area contributed by atoms with Gasteiger partial charge in [0.2, 0.25) is 21.8 Å². The lowest BCUT2D eigenvalue weighted by molar-refractivity contribution is -0.142. The van der Waals surface area contributed by atoms with Crippen LogP contribution in [0.3, 0.4) is 0 Å². The van der Waals surface area contributed by atoms with Gasteiger partial charge in [-0.15, -0.1) is 0 Å². The Morgan fingerprint density at radius 1 is 1.08 bits per heavy atom. The van der Waals surface area contributed by atoms with Crippen molar-refractivity contribution in [3.63, 3.8) is 0 Å². The number of nitrogens with zero attached hydrogens (tertiary/aromatic N) is 2. The number of rotatable bonds is 5. The molecule has 2 fully saturated rings. The van der Waals surface area contributed by atoms with Crippen LogP contribution >= 0.6 is 0 Å². The molecule has 1 aromatic heterocycles. The Morgan fingerprint density at radius 2 is 1.81 bits per heavy atom. The molecule has 0 unspecified atom stereocenters. The quantitative estimate of drug-likeness (QED) is 0.327. The average Bonchev–Trinajstić information content (AvgIpc) is 3.76. The second-order valence-corrected chi connectivity index (χ2v) is 18.4. The molecule has 4 aliphatic rings. The highest BCUT2D eigenvalue weighted by atomic mass is 32.2. The molecule has 5 amide bonds. The van der Waals surface area contributed by atoms with Gasteiger partial charge in [-0.05, 0) is 85.6 Å². The molecule has 1 saturated carbocycles. The zero-order valence-corrected chi connectivity index (χ0v) is 32.5. The first-order chi connectivity index (χ1) is 25.0. The van der Waals surface area contributed by atoms with E-state index in [-0.39, 0.29) is 19.0 Å². The van der Waals surface area contributed by atoms with Gasteiger partial charge in [0.1, 0.15) is 29.0 Å². The van der Waals surface area contributed by atoms with Crippen molar-refractivity contribution in [2.45, 2.75) is 140 Å². The summed E-state index contributed by atoms with van der Waals surface area (Å²) < 4.78 is 34.6. The Morgan fingerprint density at radius 3 is 2.53 bits per heavy atom. The number of benzene rings is 1. The molecule has 1 spiro atoms. The highest BCUT2D eigenvalue weighted by Gasteiger charge is 2.56. The van der Waals surface area contributed by atoms with Gasteiger partial charge in [-0.3, -0.25) is 19.1 Å². The Balaban J connectivity index is 1.38. The molecule has 1 saturated heterocycles. The summed E-state index contributed by atoms with van der Waals surface area (Å²) in [6.45, 7) is 10.5. The van der Waals surface area contributed by atoms with Crippen LogP contribution in [0.25, 0.3) is 10.9 Å². The number of sulfonamides is 1. The van der Waals surface area contributed by atoms with Crippen molar-refractivity contribution in [2.75, 3.05) is 6.54 Å². The summed E-state index contributed by atoms with van der Waals surface area (Å²) in [6, 6.07) is 5.25. The third-order valence-corrected chi connectivity index (χ3v) is 13.8. The number of carbonyl (C=O) groups is 4. The van der Waals surface area contributed by atoms with Crippen LogP contribution in [0, 0.1) is 12.8 Å². The third-order valence-electron chi connectivity index (χ3n) is 11.7. The standard InChI is InChI=1S/C39H54N6O7S/c1-24(2)40-36(49)42-30-17-11-9-7-8-10-14-25(3)38(6,35(48)44-53(50,51)37(5)20-21-37)43-33(46)31-22-39(23-45(31)34(30)47)19-18-28-27-15-12-13-16-29(27)41-26(4)32(28)52-39/h10,12-16,24-25,30-31H,7-9,11,17-23H2,1-6H3,(H,43,46)(H,44,48)(H2,40,42,49)/b14-10-/t25-,30-,31-,38+,39+/m0/s1. The number of amides is 5. The van der Waals surface area contributed by atoms with E-state index in [9.17, 15) is 27.6 Å². The summed E-state index contributed by atoms with van der Waals surface area (Å²) in [5.41, 5.74) is -0.0455. The molecule has 4 heterocycles. The van der Waals surface area contributed by atoms with Crippen LogP contribution < -0.4 is 25.4 Å². The fourth-order valence-electron chi connectivity index (χ4n) is 7.78. The number of ether oxygens (including phenoxy) is 1. The Hall–Kier alpha value is -4.20. The summed E-state index contributed by atoms with van der Waals surface area (Å²) in [5, 5.41) is 9.60. The molecule has 4 N–H and O–H groups in total. The maximum atomic E-state index is 14.7. The molecular weight excluding hydrogens is 697 g/mol. The summed E-state index contributed by atoms with van der Waals surface area (Å²) in [4.78, 5) is 62.7. The smallest absolute Gasteiger partial charge is 0.315 e. The molecule has 0 bridgehead atoms. The van der Waals surface area contributed by atoms with E-state index in [2.05, 4.69) is 20.7 Å². The van der Waals surface area contributed by atoms with E-state index in [1.54, 1.807) is 13.8 Å². The number of para-hydroxylation sites is 1. The van der Waals surface area contributed by atoms with Gasteiger partial charge in [-0.2, -0.15) is 0 Å². The number of hydrogen-bond acceptors (Lipinski definition) is 8. The molecule has 1 aliphatic carbocycles. The number of hydrogen-bond donors (Lipinski definition) is 4. The summed E-state index contributed by atoms with van der Waals surface area (Å²) in [5.74, 6) is -1.83. The number of aryl methyl sites for hydroxylation is 2. The Labute approximate surface area is 312 Å². The van der Waals surface area contributed by atoms with Crippen LogP contribution in [0.5, 0.6) is 5.75 Å². The molecule has 0 radical (unpaired) electrons. The maximum absolute atomic E-state index is 14.7.